The Morgan fingerprint density at radius 2 is 1.07 bits per heavy atom. The Kier molecular flexibility index (Phi) is 6.96. The van der Waals surface area contributed by atoms with Gasteiger partial charge in [0.2, 0.25) is 0 Å². The van der Waals surface area contributed by atoms with E-state index < -0.39 is 7.26 Å². The zero-order valence-corrected chi connectivity index (χ0v) is 17.1. The molecule has 27 heavy (non-hydrogen) atoms. The topological polar surface area (TPSA) is 17.1 Å². The normalized spacial score (nSPS) is 11.9. The fourth-order valence-electron chi connectivity index (χ4n) is 3.93. The quantitative estimate of drug-likeness (QED) is 0.385. The van der Waals surface area contributed by atoms with Gasteiger partial charge < -0.3 is 0 Å². The number of benzene rings is 3. The first-order valence-electron chi connectivity index (χ1n) is 9.95. The first-order chi connectivity index (χ1) is 13.3. The van der Waals surface area contributed by atoms with Crippen LogP contribution in [-0.4, -0.2) is 11.9 Å². The Balaban J connectivity index is 2.12. The van der Waals surface area contributed by atoms with Crippen LogP contribution in [0.25, 0.3) is 0 Å². The van der Waals surface area contributed by atoms with E-state index in [1.54, 1.807) is 0 Å². The molecule has 3 aromatic rings. The number of hydrogen-bond donors (Lipinski definition) is 0. The maximum absolute atomic E-state index is 13.1. The third-order valence-electron chi connectivity index (χ3n) is 5.32. The zero-order chi connectivity index (χ0) is 19.0. The first-order valence-corrected chi connectivity index (χ1v) is 12.2. The van der Waals surface area contributed by atoms with Gasteiger partial charge in [0.05, 0.1) is 0 Å². The van der Waals surface area contributed by atoms with E-state index in [-0.39, 0.29) is 0 Å². The summed E-state index contributed by atoms with van der Waals surface area (Å²) in [6, 6.07) is 32.1. The van der Waals surface area contributed by atoms with Gasteiger partial charge in [-0.15, -0.1) is 0 Å². The van der Waals surface area contributed by atoms with Crippen molar-refractivity contribution in [3.05, 3.63) is 91.0 Å². The number of unbranched alkanes of at least 4 members (excludes halogenated alkanes) is 2. The van der Waals surface area contributed by atoms with Crippen molar-refractivity contribution in [1.29, 1.82) is 0 Å². The van der Waals surface area contributed by atoms with Crippen molar-refractivity contribution < 1.29 is 4.79 Å². The van der Waals surface area contributed by atoms with Gasteiger partial charge in [0.15, 0.2) is 0 Å². The summed E-state index contributed by atoms with van der Waals surface area (Å²) >= 11 is 0. The molecule has 0 amide bonds. The molecule has 0 heterocycles. The van der Waals surface area contributed by atoms with E-state index in [0.717, 1.165) is 19.3 Å². The maximum atomic E-state index is 13.1. The molecule has 0 aromatic heterocycles. The average Bonchev–Trinajstić information content (AvgIpc) is 2.74. The van der Waals surface area contributed by atoms with Crippen molar-refractivity contribution in [2.75, 3.05) is 6.16 Å². The molecule has 0 saturated carbocycles. The molecule has 0 N–H and O–H groups in total. The van der Waals surface area contributed by atoms with Crippen molar-refractivity contribution in [2.24, 2.45) is 0 Å². The Bertz CT molecular complexity index is 731. The Morgan fingerprint density at radius 3 is 1.44 bits per heavy atom. The molecule has 0 atom stereocenters. The summed E-state index contributed by atoms with van der Waals surface area (Å²) in [5, 5.41) is 3.93. The summed E-state index contributed by atoms with van der Waals surface area (Å²) in [5.41, 5.74) is 0. The van der Waals surface area contributed by atoms with Crippen molar-refractivity contribution in [3.8, 4) is 0 Å². The van der Waals surface area contributed by atoms with Gasteiger partial charge in [0.1, 0.15) is 0 Å². The Morgan fingerprint density at radius 1 is 0.667 bits per heavy atom. The predicted molar refractivity (Wildman–Crippen MR) is 121 cm³/mol. The van der Waals surface area contributed by atoms with Crippen LogP contribution in [0, 0.1) is 0 Å². The molecule has 0 aliphatic heterocycles. The molecule has 0 spiro atoms. The molecule has 0 radical (unpaired) electrons. The Labute approximate surface area is 163 Å². The first kappa shape index (κ1) is 19.5. The Hall–Kier alpha value is -2.24. The molecule has 0 fully saturated rings. The molecule has 0 saturated heterocycles. The molecule has 0 bridgehead atoms. The van der Waals surface area contributed by atoms with Crippen LogP contribution in [0.15, 0.2) is 91.0 Å². The van der Waals surface area contributed by atoms with Crippen LogP contribution in [-0.2, 0) is 4.79 Å². The number of hydrogen-bond acceptors (Lipinski definition) is 1. The zero-order valence-electron chi connectivity index (χ0n) is 16.1. The van der Waals surface area contributed by atoms with Gasteiger partial charge in [-0.05, 0) is 0 Å². The van der Waals surface area contributed by atoms with Gasteiger partial charge >= 0.3 is 164 Å². The van der Waals surface area contributed by atoms with Crippen LogP contribution in [0.5, 0.6) is 0 Å². The summed E-state index contributed by atoms with van der Waals surface area (Å²) in [5.74, 6) is 0.395. The van der Waals surface area contributed by atoms with Gasteiger partial charge in [-0.25, -0.2) is 0 Å². The molecule has 3 rings (SSSR count). The number of carbonyl (C=O) groups is 1. The fourth-order valence-corrected chi connectivity index (χ4v) is 8.60. The van der Waals surface area contributed by atoms with E-state index in [4.69, 9.17) is 0 Å². The third-order valence-corrected chi connectivity index (χ3v) is 10.2. The summed E-state index contributed by atoms with van der Waals surface area (Å²) < 4.78 is 0. The minimum absolute atomic E-state index is 0.395. The van der Waals surface area contributed by atoms with E-state index in [1.807, 2.05) is 0 Å². The second kappa shape index (κ2) is 9.62. The third kappa shape index (κ3) is 4.54. The molecular weight excluding hydrogens is 347 g/mol. The van der Waals surface area contributed by atoms with Crippen molar-refractivity contribution in [1.82, 2.24) is 0 Å². The molecule has 0 unspecified atom stereocenters. The summed E-state index contributed by atoms with van der Waals surface area (Å²) in [7, 11) is -2.40. The number of Topliss-reactive ketones (excluding diaryl/α,β-unsaturated/α-hetero) is 1. The standard InChI is InChI=1S/C25H29OP/c1-2-3-7-14-22(26)21-27(23-15-8-4-9-16-23,24-17-10-5-11-18-24)25-19-12-6-13-20-25/h4-6,8-13,15-20,27H,2-3,7,14,21H2,1H3. The second-order valence-corrected chi connectivity index (χ2v) is 11.1. The van der Waals surface area contributed by atoms with Gasteiger partial charge in [-0.1, -0.05) is 0 Å². The van der Waals surface area contributed by atoms with Crippen LogP contribution in [0.1, 0.15) is 32.6 Å². The van der Waals surface area contributed by atoms with Crippen LogP contribution in [0.2, 0.25) is 0 Å². The number of rotatable bonds is 9. The van der Waals surface area contributed by atoms with Gasteiger partial charge in [-0.2, -0.15) is 0 Å². The number of carbonyl (C=O) groups excluding carboxylic acids is 1. The summed E-state index contributed by atoms with van der Waals surface area (Å²) in [6.45, 7) is 2.18. The fraction of sp³-hybridized carbons (Fsp3) is 0.240. The molecule has 3 aromatic carbocycles. The molecule has 140 valence electrons. The van der Waals surface area contributed by atoms with Crippen molar-refractivity contribution in [2.45, 2.75) is 32.6 Å². The van der Waals surface area contributed by atoms with E-state index in [9.17, 15) is 4.79 Å². The molecule has 0 aliphatic rings. The van der Waals surface area contributed by atoms with Crippen LogP contribution < -0.4 is 15.9 Å². The summed E-state index contributed by atoms with van der Waals surface area (Å²) in [6.07, 6.45) is 4.59. The van der Waals surface area contributed by atoms with Crippen molar-refractivity contribution in [3.63, 3.8) is 0 Å². The van der Waals surface area contributed by atoms with Crippen LogP contribution >= 0.6 is 7.26 Å². The van der Waals surface area contributed by atoms with Crippen molar-refractivity contribution >= 4 is 29.0 Å². The molecule has 0 aliphatic carbocycles. The van der Waals surface area contributed by atoms with E-state index in [0.29, 0.717) is 18.4 Å². The molecular formula is C25H29OP. The minimum atomic E-state index is -2.40. The van der Waals surface area contributed by atoms with Gasteiger partial charge in [-0.3, -0.25) is 0 Å². The molecule has 1 nitrogen and oxygen atoms in total. The van der Waals surface area contributed by atoms with Gasteiger partial charge in [0, 0.05) is 0 Å². The monoisotopic (exact) mass is 376 g/mol. The predicted octanol–water partition coefficient (Wildman–Crippen LogP) is 4.86. The van der Waals surface area contributed by atoms with E-state index >= 15 is 0 Å². The van der Waals surface area contributed by atoms with Crippen LogP contribution in [0.3, 0.4) is 0 Å². The van der Waals surface area contributed by atoms with E-state index in [1.165, 1.54) is 15.9 Å². The van der Waals surface area contributed by atoms with Crippen LogP contribution in [0.4, 0.5) is 0 Å². The van der Waals surface area contributed by atoms with Gasteiger partial charge in [0.25, 0.3) is 0 Å². The van der Waals surface area contributed by atoms with E-state index in [2.05, 4.69) is 97.9 Å². The molecule has 2 heteroatoms. The summed E-state index contributed by atoms with van der Waals surface area (Å²) in [4.78, 5) is 13.1. The second-order valence-electron chi connectivity index (χ2n) is 7.18. The number of ketones is 1. The average molecular weight is 376 g/mol. The SMILES string of the molecule is CCCCCC(=O)C[PH](c1ccccc1)(c1ccccc1)c1ccccc1.